The fraction of sp³-hybridized carbons (Fsp3) is 0.238. The molecule has 146 valence electrons. The first kappa shape index (κ1) is 20.2. The van der Waals surface area contributed by atoms with E-state index in [0.717, 1.165) is 10.0 Å². The van der Waals surface area contributed by atoms with Crippen LogP contribution in [0.5, 0.6) is 0 Å². The van der Waals surface area contributed by atoms with Gasteiger partial charge in [0.2, 0.25) is 11.8 Å². The molecule has 3 rings (SSSR count). The van der Waals surface area contributed by atoms with Gasteiger partial charge in [0, 0.05) is 42.4 Å². The standard InChI is InChI=1S/C21H21BrFN3O2/c22-17-4-1-3-16(13-17)7-8-21(28)26-11-9-25(10-12-26)15-20(27)24-19-6-2-5-18(23)14-19/h1-8,13-14H,9-12,15H2,(H,24,27)/b8-7+. The average molecular weight is 446 g/mol. The van der Waals surface area contributed by atoms with Gasteiger partial charge in [-0.3, -0.25) is 14.5 Å². The number of nitrogens with zero attached hydrogens (tertiary/aromatic N) is 2. The summed E-state index contributed by atoms with van der Waals surface area (Å²) in [6.07, 6.45) is 3.37. The highest BCUT2D eigenvalue weighted by molar-refractivity contribution is 9.10. The molecule has 1 aliphatic rings. The predicted octanol–water partition coefficient (Wildman–Crippen LogP) is 3.38. The van der Waals surface area contributed by atoms with Gasteiger partial charge in [0.15, 0.2) is 0 Å². The Morgan fingerprint density at radius 3 is 2.54 bits per heavy atom. The molecule has 28 heavy (non-hydrogen) atoms. The second kappa shape index (κ2) is 9.61. The van der Waals surface area contributed by atoms with Crippen molar-refractivity contribution in [3.05, 3.63) is 70.5 Å². The van der Waals surface area contributed by atoms with E-state index in [0.29, 0.717) is 31.9 Å². The number of rotatable bonds is 5. The van der Waals surface area contributed by atoms with Gasteiger partial charge in [-0.1, -0.05) is 34.1 Å². The third-order valence-corrected chi connectivity index (χ3v) is 4.92. The van der Waals surface area contributed by atoms with Crippen LogP contribution in [-0.4, -0.2) is 54.3 Å². The SMILES string of the molecule is O=C(CN1CCN(C(=O)/C=C/c2cccc(Br)c2)CC1)Nc1cccc(F)c1. The molecule has 5 nitrogen and oxygen atoms in total. The second-order valence-electron chi connectivity index (χ2n) is 6.55. The molecule has 0 unspecified atom stereocenters. The molecule has 0 saturated carbocycles. The van der Waals surface area contributed by atoms with E-state index in [2.05, 4.69) is 21.2 Å². The normalized spacial score (nSPS) is 15.0. The van der Waals surface area contributed by atoms with Crippen molar-refractivity contribution in [2.75, 3.05) is 38.0 Å². The van der Waals surface area contributed by atoms with Crippen molar-refractivity contribution in [2.24, 2.45) is 0 Å². The fourth-order valence-electron chi connectivity index (χ4n) is 2.98. The zero-order chi connectivity index (χ0) is 19.9. The summed E-state index contributed by atoms with van der Waals surface area (Å²) in [7, 11) is 0. The third-order valence-electron chi connectivity index (χ3n) is 4.43. The largest absolute Gasteiger partial charge is 0.337 e. The van der Waals surface area contributed by atoms with Gasteiger partial charge in [0.25, 0.3) is 0 Å². The Kier molecular flexibility index (Phi) is 6.95. The van der Waals surface area contributed by atoms with E-state index < -0.39 is 0 Å². The third kappa shape index (κ3) is 6.00. The summed E-state index contributed by atoms with van der Waals surface area (Å²) >= 11 is 3.41. The molecule has 7 heteroatoms. The summed E-state index contributed by atoms with van der Waals surface area (Å²) in [6.45, 7) is 2.58. The molecule has 0 bridgehead atoms. The molecule has 0 spiro atoms. The lowest BCUT2D eigenvalue weighted by molar-refractivity contribution is -0.127. The topological polar surface area (TPSA) is 52.7 Å². The van der Waals surface area contributed by atoms with Gasteiger partial charge in [-0.05, 0) is 42.0 Å². The summed E-state index contributed by atoms with van der Waals surface area (Å²) in [4.78, 5) is 28.2. The van der Waals surface area contributed by atoms with E-state index in [1.165, 1.54) is 12.1 Å². The molecule has 1 aliphatic heterocycles. The van der Waals surface area contributed by atoms with Crippen LogP contribution in [0.25, 0.3) is 6.08 Å². The van der Waals surface area contributed by atoms with Gasteiger partial charge < -0.3 is 10.2 Å². The van der Waals surface area contributed by atoms with Crippen molar-refractivity contribution in [3.63, 3.8) is 0 Å². The maximum Gasteiger partial charge on any atom is 0.246 e. The minimum Gasteiger partial charge on any atom is -0.337 e. The summed E-state index contributed by atoms with van der Waals surface area (Å²) in [5.41, 5.74) is 1.40. The van der Waals surface area contributed by atoms with Crippen LogP contribution in [0.3, 0.4) is 0 Å². The van der Waals surface area contributed by atoms with E-state index in [9.17, 15) is 14.0 Å². The van der Waals surface area contributed by atoms with Crippen LogP contribution in [0.2, 0.25) is 0 Å². The molecule has 1 saturated heterocycles. The fourth-order valence-corrected chi connectivity index (χ4v) is 3.40. The second-order valence-corrected chi connectivity index (χ2v) is 7.46. The van der Waals surface area contributed by atoms with Crippen LogP contribution in [0.15, 0.2) is 59.1 Å². The lowest BCUT2D eigenvalue weighted by Gasteiger charge is -2.33. The van der Waals surface area contributed by atoms with Crippen molar-refractivity contribution in [1.29, 1.82) is 0 Å². The summed E-state index contributed by atoms with van der Waals surface area (Å²) in [6, 6.07) is 13.5. The van der Waals surface area contributed by atoms with Crippen LogP contribution >= 0.6 is 15.9 Å². The number of piperazine rings is 1. The van der Waals surface area contributed by atoms with Gasteiger partial charge >= 0.3 is 0 Å². The zero-order valence-electron chi connectivity index (χ0n) is 15.3. The smallest absolute Gasteiger partial charge is 0.246 e. The number of benzene rings is 2. The van der Waals surface area contributed by atoms with E-state index in [4.69, 9.17) is 0 Å². The molecular formula is C21H21BrFN3O2. The van der Waals surface area contributed by atoms with Crippen LogP contribution in [-0.2, 0) is 9.59 Å². The van der Waals surface area contributed by atoms with Crippen molar-refractivity contribution in [1.82, 2.24) is 9.80 Å². The number of hydrogen-bond donors (Lipinski definition) is 1. The van der Waals surface area contributed by atoms with E-state index in [1.54, 1.807) is 29.2 Å². The first-order valence-electron chi connectivity index (χ1n) is 9.00. The number of anilines is 1. The predicted molar refractivity (Wildman–Crippen MR) is 111 cm³/mol. The summed E-state index contributed by atoms with van der Waals surface area (Å²) in [5.74, 6) is -0.621. The lowest BCUT2D eigenvalue weighted by Crippen LogP contribution is -2.50. The molecule has 1 N–H and O–H groups in total. The molecule has 1 heterocycles. The maximum atomic E-state index is 13.2. The van der Waals surface area contributed by atoms with Gasteiger partial charge in [-0.2, -0.15) is 0 Å². The first-order valence-corrected chi connectivity index (χ1v) is 9.79. The Morgan fingerprint density at radius 2 is 1.82 bits per heavy atom. The Hall–Kier alpha value is -2.51. The van der Waals surface area contributed by atoms with E-state index in [1.807, 2.05) is 29.2 Å². The van der Waals surface area contributed by atoms with E-state index in [-0.39, 0.29) is 24.2 Å². The number of carbonyl (C=O) groups is 2. The minimum absolute atomic E-state index is 0.0381. The van der Waals surface area contributed by atoms with Crippen LogP contribution in [0.1, 0.15) is 5.56 Å². The monoisotopic (exact) mass is 445 g/mol. The highest BCUT2D eigenvalue weighted by Crippen LogP contribution is 2.13. The molecule has 0 aliphatic carbocycles. The number of hydrogen-bond acceptors (Lipinski definition) is 3. The van der Waals surface area contributed by atoms with Crippen LogP contribution in [0, 0.1) is 5.82 Å². The Morgan fingerprint density at radius 1 is 1.07 bits per heavy atom. The molecule has 0 atom stereocenters. The highest BCUT2D eigenvalue weighted by atomic mass is 79.9. The summed E-state index contributed by atoms with van der Waals surface area (Å²) < 4.78 is 14.1. The highest BCUT2D eigenvalue weighted by Gasteiger charge is 2.21. The molecule has 2 aromatic rings. The Bertz CT molecular complexity index is 879. The number of carbonyl (C=O) groups excluding carboxylic acids is 2. The van der Waals surface area contributed by atoms with Gasteiger partial charge in [0.1, 0.15) is 5.82 Å². The number of nitrogens with one attached hydrogen (secondary N) is 1. The number of amides is 2. The molecule has 2 aromatic carbocycles. The van der Waals surface area contributed by atoms with Crippen molar-refractivity contribution in [2.45, 2.75) is 0 Å². The quantitative estimate of drug-likeness (QED) is 0.717. The molecule has 0 aromatic heterocycles. The van der Waals surface area contributed by atoms with Gasteiger partial charge in [0.05, 0.1) is 6.54 Å². The van der Waals surface area contributed by atoms with Crippen molar-refractivity contribution in [3.8, 4) is 0 Å². The zero-order valence-corrected chi connectivity index (χ0v) is 16.9. The summed E-state index contributed by atoms with van der Waals surface area (Å²) in [5, 5.41) is 2.69. The lowest BCUT2D eigenvalue weighted by atomic mass is 10.2. The van der Waals surface area contributed by atoms with Gasteiger partial charge in [-0.15, -0.1) is 0 Å². The van der Waals surface area contributed by atoms with E-state index >= 15 is 0 Å². The van der Waals surface area contributed by atoms with Crippen LogP contribution < -0.4 is 5.32 Å². The Balaban J connectivity index is 1.44. The molecule has 0 radical (unpaired) electrons. The Labute approximate surface area is 172 Å². The van der Waals surface area contributed by atoms with Crippen LogP contribution in [0.4, 0.5) is 10.1 Å². The molecular weight excluding hydrogens is 425 g/mol. The number of halogens is 2. The maximum absolute atomic E-state index is 13.2. The van der Waals surface area contributed by atoms with Crippen molar-refractivity contribution >= 4 is 39.5 Å². The molecule has 1 fully saturated rings. The average Bonchev–Trinajstić information content (AvgIpc) is 2.67. The first-order chi connectivity index (χ1) is 13.5. The molecule has 2 amide bonds. The van der Waals surface area contributed by atoms with Crippen molar-refractivity contribution < 1.29 is 14.0 Å². The van der Waals surface area contributed by atoms with Gasteiger partial charge in [-0.25, -0.2) is 4.39 Å². The minimum atomic E-state index is -0.388.